The van der Waals surface area contributed by atoms with Gasteiger partial charge in [0.05, 0.1) is 11.7 Å². The minimum atomic E-state index is -0.823. The fraction of sp³-hybridized carbons (Fsp3) is 0.478. The van der Waals surface area contributed by atoms with Crippen LogP contribution in [0.2, 0.25) is 0 Å². The molecule has 3 atom stereocenters. The topological polar surface area (TPSA) is 54.5 Å². The molecule has 3 heterocycles. The summed E-state index contributed by atoms with van der Waals surface area (Å²) in [4.78, 5) is 19.4. The van der Waals surface area contributed by atoms with Crippen molar-refractivity contribution < 1.29 is 18.3 Å². The number of amides is 1. The van der Waals surface area contributed by atoms with Gasteiger partial charge < -0.3 is 10.1 Å². The molecule has 1 amide bonds. The van der Waals surface area contributed by atoms with E-state index in [4.69, 9.17) is 4.74 Å². The van der Waals surface area contributed by atoms with E-state index in [0.29, 0.717) is 25.3 Å². The molecule has 3 unspecified atom stereocenters. The van der Waals surface area contributed by atoms with Gasteiger partial charge in [0.25, 0.3) is 0 Å². The van der Waals surface area contributed by atoms with Crippen molar-refractivity contribution in [2.75, 3.05) is 19.7 Å². The predicted molar refractivity (Wildman–Crippen MR) is 108 cm³/mol. The van der Waals surface area contributed by atoms with Crippen LogP contribution in [0, 0.1) is 17.6 Å². The summed E-state index contributed by atoms with van der Waals surface area (Å²) >= 11 is 0. The van der Waals surface area contributed by atoms with Gasteiger partial charge in [-0.2, -0.15) is 0 Å². The van der Waals surface area contributed by atoms with Crippen molar-refractivity contribution in [3.63, 3.8) is 0 Å². The van der Waals surface area contributed by atoms with Crippen molar-refractivity contribution >= 4 is 5.91 Å². The van der Waals surface area contributed by atoms with Gasteiger partial charge in [0.1, 0.15) is 6.10 Å². The Bertz CT molecular complexity index is 859. The molecule has 1 aromatic heterocycles. The molecule has 5 nitrogen and oxygen atoms in total. The number of likely N-dealkylation sites (tertiary alicyclic amines) is 1. The molecule has 1 aromatic carbocycles. The Labute approximate surface area is 175 Å². The van der Waals surface area contributed by atoms with Crippen molar-refractivity contribution in [3.8, 4) is 0 Å². The Morgan fingerprint density at radius 1 is 1.20 bits per heavy atom. The molecule has 0 aliphatic carbocycles. The number of carbonyl (C=O) groups excluding carboxylic acids is 1. The second kappa shape index (κ2) is 9.62. The van der Waals surface area contributed by atoms with Gasteiger partial charge in [0.2, 0.25) is 5.91 Å². The SMILES string of the molecule is O=C(NC(c1ccccn1)C1CCCN(Cc2cccc(F)c2F)C1)C1CCCO1. The maximum atomic E-state index is 14.1. The molecule has 2 fully saturated rings. The van der Waals surface area contributed by atoms with Crippen LogP contribution in [0.25, 0.3) is 0 Å². The monoisotopic (exact) mass is 415 g/mol. The number of hydrogen-bond acceptors (Lipinski definition) is 4. The van der Waals surface area contributed by atoms with Gasteiger partial charge in [-0.3, -0.25) is 14.7 Å². The van der Waals surface area contributed by atoms with Gasteiger partial charge in [0.15, 0.2) is 11.6 Å². The van der Waals surface area contributed by atoms with E-state index in [9.17, 15) is 13.6 Å². The highest BCUT2D eigenvalue weighted by atomic mass is 19.2. The van der Waals surface area contributed by atoms with Crippen LogP contribution in [-0.2, 0) is 16.1 Å². The van der Waals surface area contributed by atoms with Gasteiger partial charge in [-0.15, -0.1) is 0 Å². The summed E-state index contributed by atoms with van der Waals surface area (Å²) < 4.78 is 33.3. The van der Waals surface area contributed by atoms with Gasteiger partial charge in [-0.1, -0.05) is 18.2 Å². The van der Waals surface area contributed by atoms with E-state index < -0.39 is 17.7 Å². The minimum Gasteiger partial charge on any atom is -0.368 e. The highest BCUT2D eigenvalue weighted by molar-refractivity contribution is 5.81. The summed E-state index contributed by atoms with van der Waals surface area (Å²) in [5, 5.41) is 3.16. The van der Waals surface area contributed by atoms with Crippen LogP contribution in [0.3, 0.4) is 0 Å². The maximum absolute atomic E-state index is 14.1. The number of pyridine rings is 1. The van der Waals surface area contributed by atoms with Gasteiger partial charge in [-0.05, 0) is 56.3 Å². The molecular formula is C23H27F2N3O2. The van der Waals surface area contributed by atoms with E-state index >= 15 is 0 Å². The number of ether oxygens (including phenoxy) is 1. The lowest BCUT2D eigenvalue weighted by molar-refractivity contribution is -0.131. The molecule has 2 aliphatic heterocycles. The first-order chi connectivity index (χ1) is 14.6. The highest BCUT2D eigenvalue weighted by Gasteiger charge is 2.33. The Morgan fingerprint density at radius 3 is 2.87 bits per heavy atom. The number of aromatic nitrogens is 1. The average Bonchev–Trinajstić information content (AvgIpc) is 3.31. The standard InChI is InChI=1S/C23H27F2N3O2/c24-18-8-3-6-16(21(18)25)14-28-12-4-7-17(15-28)22(19-9-1-2-11-26-19)27-23(29)20-10-5-13-30-20/h1-3,6,8-9,11,17,20,22H,4-5,7,10,12-15H2,(H,27,29). The zero-order chi connectivity index (χ0) is 20.9. The number of rotatable bonds is 6. The van der Waals surface area contributed by atoms with Gasteiger partial charge in [0, 0.05) is 31.5 Å². The van der Waals surface area contributed by atoms with Gasteiger partial charge >= 0.3 is 0 Å². The molecule has 1 N–H and O–H groups in total. The zero-order valence-corrected chi connectivity index (χ0v) is 16.9. The largest absolute Gasteiger partial charge is 0.368 e. The van der Waals surface area contributed by atoms with E-state index in [1.807, 2.05) is 18.2 Å². The van der Waals surface area contributed by atoms with E-state index in [2.05, 4.69) is 15.2 Å². The Balaban J connectivity index is 1.49. The molecule has 4 rings (SSSR count). The van der Waals surface area contributed by atoms with Crippen LogP contribution in [0.15, 0.2) is 42.6 Å². The van der Waals surface area contributed by atoms with E-state index in [-0.39, 0.29) is 17.9 Å². The lowest BCUT2D eigenvalue weighted by Gasteiger charge is -2.37. The summed E-state index contributed by atoms with van der Waals surface area (Å²) in [6, 6.07) is 9.73. The summed E-state index contributed by atoms with van der Waals surface area (Å²) in [5.74, 6) is -1.59. The Hall–Kier alpha value is -2.38. The van der Waals surface area contributed by atoms with Crippen LogP contribution in [0.1, 0.15) is 43.0 Å². The zero-order valence-electron chi connectivity index (χ0n) is 16.9. The van der Waals surface area contributed by atoms with Crippen molar-refractivity contribution in [3.05, 3.63) is 65.5 Å². The molecule has 2 saturated heterocycles. The molecule has 2 aliphatic rings. The number of piperidine rings is 1. The quantitative estimate of drug-likeness (QED) is 0.783. The Kier molecular flexibility index (Phi) is 6.69. The number of nitrogens with zero attached hydrogens (tertiary/aromatic N) is 2. The van der Waals surface area contributed by atoms with Gasteiger partial charge in [-0.25, -0.2) is 8.78 Å². The third kappa shape index (κ3) is 4.84. The third-order valence-corrected chi connectivity index (χ3v) is 5.97. The Morgan fingerprint density at radius 2 is 2.10 bits per heavy atom. The van der Waals surface area contributed by atoms with Crippen molar-refractivity contribution in [1.29, 1.82) is 0 Å². The van der Waals surface area contributed by atoms with Crippen molar-refractivity contribution in [2.45, 2.75) is 44.4 Å². The second-order valence-corrected chi connectivity index (χ2v) is 8.09. The first kappa shape index (κ1) is 20.9. The number of halogens is 2. The molecule has 0 bridgehead atoms. The number of carbonyl (C=O) groups is 1. The minimum absolute atomic E-state index is 0.101. The summed E-state index contributed by atoms with van der Waals surface area (Å²) in [7, 11) is 0. The lowest BCUT2D eigenvalue weighted by atomic mass is 9.88. The molecule has 0 saturated carbocycles. The molecule has 30 heavy (non-hydrogen) atoms. The van der Waals surface area contributed by atoms with Crippen LogP contribution in [0.5, 0.6) is 0 Å². The molecule has 0 radical (unpaired) electrons. The van der Waals surface area contributed by atoms with Crippen LogP contribution in [-0.4, -0.2) is 41.6 Å². The van der Waals surface area contributed by atoms with Crippen LogP contribution >= 0.6 is 0 Å². The van der Waals surface area contributed by atoms with Crippen molar-refractivity contribution in [2.24, 2.45) is 5.92 Å². The number of benzene rings is 1. The lowest BCUT2D eigenvalue weighted by Crippen LogP contribution is -2.45. The fourth-order valence-corrected chi connectivity index (χ4v) is 4.44. The van der Waals surface area contributed by atoms with E-state index in [0.717, 1.165) is 44.0 Å². The third-order valence-electron chi connectivity index (χ3n) is 5.97. The normalized spacial score (nSPS) is 23.3. The molecule has 160 valence electrons. The van der Waals surface area contributed by atoms with Crippen LogP contribution < -0.4 is 5.32 Å². The second-order valence-electron chi connectivity index (χ2n) is 8.09. The first-order valence-corrected chi connectivity index (χ1v) is 10.6. The van der Waals surface area contributed by atoms with Crippen LogP contribution in [0.4, 0.5) is 8.78 Å². The molecular weight excluding hydrogens is 388 g/mol. The average molecular weight is 415 g/mol. The number of nitrogens with one attached hydrogen (secondary N) is 1. The highest BCUT2D eigenvalue weighted by Crippen LogP contribution is 2.30. The summed E-state index contributed by atoms with van der Waals surface area (Å²) in [5.41, 5.74) is 1.17. The molecule has 0 spiro atoms. The van der Waals surface area contributed by atoms with E-state index in [1.165, 1.54) is 6.07 Å². The first-order valence-electron chi connectivity index (χ1n) is 10.6. The van der Waals surface area contributed by atoms with E-state index in [1.54, 1.807) is 12.3 Å². The summed E-state index contributed by atoms with van der Waals surface area (Å²) in [6.45, 7) is 2.43. The van der Waals surface area contributed by atoms with Crippen molar-refractivity contribution in [1.82, 2.24) is 15.2 Å². The molecule has 2 aromatic rings. The smallest absolute Gasteiger partial charge is 0.249 e. The summed E-state index contributed by atoms with van der Waals surface area (Å²) in [6.07, 6.45) is 4.79. The maximum Gasteiger partial charge on any atom is 0.249 e. The predicted octanol–water partition coefficient (Wildman–Crippen LogP) is 3.61. The number of hydrogen-bond donors (Lipinski definition) is 1. The fourth-order valence-electron chi connectivity index (χ4n) is 4.44. The molecule has 7 heteroatoms.